The molecule has 2 rings (SSSR count). The number of halogens is 5. The second-order valence-electron chi connectivity index (χ2n) is 5.37. The first-order valence-corrected chi connectivity index (χ1v) is 8.82. The molecule has 1 saturated carbocycles. The number of nitrogens with zero attached hydrogens (tertiary/aromatic N) is 1. The molecule has 128 valence electrons. The molecule has 1 atom stereocenters. The number of hydrogen-bond donors (Lipinski definition) is 1. The molecule has 0 saturated heterocycles. The Balaban J connectivity index is 2.31. The SMILES string of the molecule is CN=C(Nc1cc(S(=O)CC(F)(F)F)c(Cl)cc1C)C1(Cl)CC1. The van der Waals surface area contributed by atoms with Crippen LogP contribution in [0.15, 0.2) is 22.0 Å². The minimum absolute atomic E-state index is 0.0395. The molecular weight excluding hydrogens is 372 g/mol. The van der Waals surface area contributed by atoms with Crippen molar-refractivity contribution in [3.8, 4) is 0 Å². The van der Waals surface area contributed by atoms with E-state index in [9.17, 15) is 17.4 Å². The fraction of sp³-hybridized carbons (Fsp3) is 0.500. The molecule has 0 bridgehead atoms. The van der Waals surface area contributed by atoms with Gasteiger partial charge in [0.15, 0.2) is 0 Å². The van der Waals surface area contributed by atoms with E-state index in [0.29, 0.717) is 17.1 Å². The van der Waals surface area contributed by atoms with Gasteiger partial charge in [-0.05, 0) is 37.5 Å². The highest BCUT2D eigenvalue weighted by Crippen LogP contribution is 2.44. The number of hydrogen-bond acceptors (Lipinski definition) is 2. The number of anilines is 1. The predicted molar refractivity (Wildman–Crippen MR) is 88.3 cm³/mol. The average Bonchev–Trinajstić information content (AvgIpc) is 3.14. The Hall–Kier alpha value is -0.790. The van der Waals surface area contributed by atoms with Crippen LogP contribution in [0, 0.1) is 6.92 Å². The zero-order valence-electron chi connectivity index (χ0n) is 12.4. The molecule has 9 heteroatoms. The lowest BCUT2D eigenvalue weighted by Gasteiger charge is -2.17. The van der Waals surface area contributed by atoms with Gasteiger partial charge in [0, 0.05) is 12.7 Å². The van der Waals surface area contributed by atoms with Crippen molar-refractivity contribution in [3.05, 3.63) is 22.7 Å². The molecule has 1 N–H and O–H groups in total. The topological polar surface area (TPSA) is 41.5 Å². The zero-order chi connectivity index (χ0) is 17.4. The highest BCUT2D eigenvalue weighted by atomic mass is 35.5. The molecule has 0 amide bonds. The van der Waals surface area contributed by atoms with E-state index in [-0.39, 0.29) is 9.92 Å². The summed E-state index contributed by atoms with van der Waals surface area (Å²) in [6.45, 7) is 1.74. The van der Waals surface area contributed by atoms with Gasteiger partial charge in [0.05, 0.1) is 20.7 Å². The summed E-state index contributed by atoms with van der Waals surface area (Å²) in [5.41, 5.74) is 1.19. The molecule has 23 heavy (non-hydrogen) atoms. The van der Waals surface area contributed by atoms with Crippen molar-refractivity contribution in [3.63, 3.8) is 0 Å². The van der Waals surface area contributed by atoms with Crippen LogP contribution in [0.1, 0.15) is 18.4 Å². The van der Waals surface area contributed by atoms with Crippen LogP contribution in [-0.2, 0) is 10.8 Å². The third-order valence-electron chi connectivity index (χ3n) is 3.41. The van der Waals surface area contributed by atoms with Crippen LogP contribution >= 0.6 is 23.2 Å². The second-order valence-corrected chi connectivity index (χ2v) is 7.92. The maximum Gasteiger partial charge on any atom is 0.400 e. The van der Waals surface area contributed by atoms with Gasteiger partial charge in [-0.3, -0.25) is 9.20 Å². The highest BCUT2D eigenvalue weighted by molar-refractivity contribution is 7.85. The second kappa shape index (κ2) is 6.61. The summed E-state index contributed by atoms with van der Waals surface area (Å²) in [6, 6.07) is 2.85. The van der Waals surface area contributed by atoms with E-state index < -0.39 is 27.6 Å². The van der Waals surface area contributed by atoms with Crippen molar-refractivity contribution in [1.82, 2.24) is 0 Å². The smallest absolute Gasteiger partial charge is 0.342 e. The summed E-state index contributed by atoms with van der Waals surface area (Å²) in [6.07, 6.45) is -2.99. The molecule has 1 fully saturated rings. The van der Waals surface area contributed by atoms with Gasteiger partial charge in [0.25, 0.3) is 0 Å². The van der Waals surface area contributed by atoms with Gasteiger partial charge in [0.1, 0.15) is 16.5 Å². The average molecular weight is 387 g/mol. The van der Waals surface area contributed by atoms with E-state index >= 15 is 0 Å². The van der Waals surface area contributed by atoms with Crippen LogP contribution < -0.4 is 5.32 Å². The first-order valence-electron chi connectivity index (χ1n) is 6.74. The van der Waals surface area contributed by atoms with Crippen LogP contribution in [0.25, 0.3) is 0 Å². The molecule has 1 aromatic rings. The van der Waals surface area contributed by atoms with Gasteiger partial charge in [-0.25, -0.2) is 0 Å². The Kier molecular flexibility index (Phi) is 5.33. The monoisotopic (exact) mass is 386 g/mol. The highest BCUT2D eigenvalue weighted by Gasteiger charge is 2.46. The van der Waals surface area contributed by atoms with Crippen LogP contribution in [0.5, 0.6) is 0 Å². The van der Waals surface area contributed by atoms with Crippen LogP contribution in [0.4, 0.5) is 18.9 Å². The number of aryl methyl sites for hydroxylation is 1. The number of aliphatic imine (C=N–C) groups is 1. The molecular formula is C14H15Cl2F3N2OS. The maximum absolute atomic E-state index is 12.4. The van der Waals surface area contributed by atoms with E-state index in [0.717, 1.165) is 12.8 Å². The molecule has 1 unspecified atom stereocenters. The van der Waals surface area contributed by atoms with Crippen LogP contribution in [-0.4, -0.2) is 33.9 Å². The minimum atomic E-state index is -4.53. The number of nitrogens with one attached hydrogen (secondary N) is 1. The van der Waals surface area contributed by atoms with E-state index in [1.165, 1.54) is 12.1 Å². The fourth-order valence-corrected chi connectivity index (χ4v) is 3.71. The number of rotatable bonds is 4. The van der Waals surface area contributed by atoms with Crippen LogP contribution in [0.2, 0.25) is 5.02 Å². The molecule has 0 radical (unpaired) electrons. The van der Waals surface area contributed by atoms with E-state index in [4.69, 9.17) is 23.2 Å². The minimum Gasteiger partial charge on any atom is -0.342 e. The molecule has 1 aliphatic rings. The Morgan fingerprint density at radius 2 is 2.04 bits per heavy atom. The summed E-state index contributed by atoms with van der Waals surface area (Å²) >= 11 is 12.3. The standard InChI is InChI=1S/C14H15Cl2F3N2OS/c1-8-5-9(15)11(23(22)7-14(17,18)19)6-10(8)21-12(20-2)13(16)3-4-13/h5-6H,3-4,7H2,1-2H3,(H,20,21). The number of alkyl halides is 4. The third kappa shape index (κ3) is 4.61. The lowest BCUT2D eigenvalue weighted by molar-refractivity contribution is -0.105. The maximum atomic E-state index is 12.4. The summed E-state index contributed by atoms with van der Waals surface area (Å²) in [4.78, 5) is 3.49. The first kappa shape index (κ1) is 18.5. The summed E-state index contributed by atoms with van der Waals surface area (Å²) in [7, 11) is -0.693. The van der Waals surface area contributed by atoms with Crippen LogP contribution in [0.3, 0.4) is 0 Å². The molecule has 0 heterocycles. The Morgan fingerprint density at radius 3 is 2.52 bits per heavy atom. The lowest BCUT2D eigenvalue weighted by Crippen LogP contribution is -2.25. The quantitative estimate of drug-likeness (QED) is 0.469. The molecule has 0 spiro atoms. The van der Waals surface area contributed by atoms with Gasteiger partial charge in [-0.2, -0.15) is 13.2 Å². The largest absolute Gasteiger partial charge is 0.400 e. The van der Waals surface area contributed by atoms with Gasteiger partial charge in [-0.1, -0.05) is 11.6 Å². The molecule has 1 aliphatic carbocycles. The fourth-order valence-electron chi connectivity index (χ4n) is 2.03. The van der Waals surface area contributed by atoms with Gasteiger partial charge in [-0.15, -0.1) is 11.6 Å². The molecule has 0 aliphatic heterocycles. The van der Waals surface area contributed by atoms with Gasteiger partial charge >= 0.3 is 6.18 Å². The van der Waals surface area contributed by atoms with Gasteiger partial charge in [0.2, 0.25) is 0 Å². The third-order valence-corrected chi connectivity index (χ3v) is 5.81. The Labute approximate surface area is 144 Å². The zero-order valence-corrected chi connectivity index (χ0v) is 14.8. The lowest BCUT2D eigenvalue weighted by atomic mass is 10.2. The van der Waals surface area contributed by atoms with E-state index in [1.807, 2.05) is 0 Å². The Morgan fingerprint density at radius 1 is 1.43 bits per heavy atom. The van der Waals surface area contributed by atoms with Crippen molar-refractivity contribution in [2.75, 3.05) is 18.1 Å². The van der Waals surface area contributed by atoms with Crippen molar-refractivity contribution in [2.24, 2.45) is 4.99 Å². The first-order chi connectivity index (χ1) is 10.6. The predicted octanol–water partition coefficient (Wildman–Crippen LogP) is 4.53. The summed E-state index contributed by atoms with van der Waals surface area (Å²) in [5, 5.41) is 3.07. The molecule has 1 aromatic carbocycles. The Bertz CT molecular complexity index is 673. The molecule has 3 nitrogen and oxygen atoms in total. The molecule has 0 aromatic heterocycles. The van der Waals surface area contributed by atoms with Gasteiger partial charge < -0.3 is 5.32 Å². The number of benzene rings is 1. The van der Waals surface area contributed by atoms with E-state index in [2.05, 4.69) is 10.3 Å². The van der Waals surface area contributed by atoms with Crippen molar-refractivity contribution >= 4 is 45.5 Å². The number of amidine groups is 1. The summed E-state index contributed by atoms with van der Waals surface area (Å²) < 4.78 is 49.3. The normalized spacial score (nSPS) is 18.7. The van der Waals surface area contributed by atoms with E-state index in [1.54, 1.807) is 14.0 Å². The van der Waals surface area contributed by atoms with Crippen molar-refractivity contribution < 1.29 is 17.4 Å². The summed E-state index contributed by atoms with van der Waals surface area (Å²) in [5.74, 6) is -0.902. The van der Waals surface area contributed by atoms with Crippen molar-refractivity contribution in [1.29, 1.82) is 0 Å². The van der Waals surface area contributed by atoms with Crippen molar-refractivity contribution in [2.45, 2.75) is 35.7 Å².